The molecule has 19 heavy (non-hydrogen) atoms. The Kier molecular flexibility index (Phi) is 3.52. The summed E-state index contributed by atoms with van der Waals surface area (Å²) in [5, 5.41) is 3.88. The van der Waals surface area contributed by atoms with Crippen molar-refractivity contribution >= 4 is 32.9 Å². The second-order valence-corrected chi connectivity index (χ2v) is 5.53. The Bertz CT molecular complexity index is 605. The highest BCUT2D eigenvalue weighted by atomic mass is 79.9. The molecule has 6 heteroatoms. The van der Waals surface area contributed by atoms with E-state index in [-0.39, 0.29) is 11.9 Å². The number of ether oxygens (including phenoxy) is 1. The van der Waals surface area contributed by atoms with Crippen LogP contribution in [0.25, 0.3) is 11.0 Å². The van der Waals surface area contributed by atoms with Gasteiger partial charge in [0.2, 0.25) is 0 Å². The van der Waals surface area contributed by atoms with Gasteiger partial charge in [0.25, 0.3) is 5.91 Å². The summed E-state index contributed by atoms with van der Waals surface area (Å²) in [6.07, 6.45) is 5.16. The number of fused-ring (bicyclic) bond motifs is 1. The van der Waals surface area contributed by atoms with Crippen LogP contribution in [0.5, 0.6) is 0 Å². The average molecular weight is 324 g/mol. The molecule has 1 amide bonds. The van der Waals surface area contributed by atoms with Crippen LogP contribution in [0.4, 0.5) is 0 Å². The van der Waals surface area contributed by atoms with Crippen LogP contribution in [-0.4, -0.2) is 35.1 Å². The van der Waals surface area contributed by atoms with Gasteiger partial charge in [-0.2, -0.15) is 0 Å². The first-order chi connectivity index (χ1) is 9.24. The molecule has 1 aliphatic rings. The smallest absolute Gasteiger partial charge is 0.253 e. The van der Waals surface area contributed by atoms with Gasteiger partial charge in [-0.1, -0.05) is 0 Å². The lowest BCUT2D eigenvalue weighted by Crippen LogP contribution is -2.38. The average Bonchev–Trinajstić information content (AvgIpc) is 2.82. The summed E-state index contributed by atoms with van der Waals surface area (Å²) < 4.78 is 6.15. The summed E-state index contributed by atoms with van der Waals surface area (Å²) in [6.45, 7) is 1.43. The molecule has 2 aromatic heterocycles. The first kappa shape index (κ1) is 12.6. The molecule has 0 bridgehead atoms. The van der Waals surface area contributed by atoms with Crippen LogP contribution in [0.1, 0.15) is 23.2 Å². The van der Waals surface area contributed by atoms with E-state index in [4.69, 9.17) is 4.74 Å². The van der Waals surface area contributed by atoms with E-state index in [9.17, 15) is 4.79 Å². The van der Waals surface area contributed by atoms with Gasteiger partial charge in [0.05, 0.1) is 5.56 Å². The summed E-state index contributed by atoms with van der Waals surface area (Å²) in [6, 6.07) is 2.10. The number of aromatic amines is 1. The molecule has 1 fully saturated rings. The molecule has 0 aliphatic carbocycles. The van der Waals surface area contributed by atoms with E-state index in [0.29, 0.717) is 18.8 Å². The third-order valence-electron chi connectivity index (χ3n) is 3.30. The van der Waals surface area contributed by atoms with Crippen molar-refractivity contribution in [2.45, 2.75) is 18.9 Å². The molecular formula is C13H14BrN3O2. The number of carbonyl (C=O) groups is 1. The summed E-state index contributed by atoms with van der Waals surface area (Å²) >= 11 is 3.37. The molecule has 2 N–H and O–H groups in total. The van der Waals surface area contributed by atoms with Crippen LogP contribution in [0.15, 0.2) is 22.9 Å². The number of rotatable bonds is 2. The lowest BCUT2D eigenvalue weighted by atomic mass is 10.1. The van der Waals surface area contributed by atoms with Gasteiger partial charge in [-0.15, -0.1) is 0 Å². The summed E-state index contributed by atoms with van der Waals surface area (Å²) in [4.78, 5) is 19.5. The second kappa shape index (κ2) is 5.30. The Hall–Kier alpha value is -1.40. The van der Waals surface area contributed by atoms with Crippen LogP contribution in [-0.2, 0) is 4.74 Å². The molecule has 1 aliphatic heterocycles. The zero-order valence-electron chi connectivity index (χ0n) is 10.3. The first-order valence-corrected chi connectivity index (χ1v) is 7.04. The predicted octanol–water partition coefficient (Wildman–Crippen LogP) is 2.23. The highest BCUT2D eigenvalue weighted by molar-refractivity contribution is 9.10. The fraction of sp³-hybridized carbons (Fsp3) is 0.385. The van der Waals surface area contributed by atoms with Gasteiger partial charge in [-0.25, -0.2) is 4.98 Å². The highest BCUT2D eigenvalue weighted by Gasteiger charge is 2.19. The number of carbonyl (C=O) groups excluding carboxylic acids is 1. The molecule has 5 nitrogen and oxygen atoms in total. The minimum absolute atomic E-state index is 0.0574. The van der Waals surface area contributed by atoms with Crippen LogP contribution >= 0.6 is 15.9 Å². The number of amides is 1. The predicted molar refractivity (Wildman–Crippen MR) is 75.1 cm³/mol. The normalized spacial score (nSPS) is 16.7. The largest absolute Gasteiger partial charge is 0.381 e. The Morgan fingerprint density at radius 3 is 3.05 bits per heavy atom. The molecule has 0 aromatic carbocycles. The molecule has 3 rings (SSSR count). The second-order valence-electron chi connectivity index (χ2n) is 4.61. The van der Waals surface area contributed by atoms with E-state index in [1.54, 1.807) is 12.4 Å². The molecule has 0 saturated carbocycles. The highest BCUT2D eigenvalue weighted by Crippen LogP contribution is 2.21. The number of halogens is 1. The molecule has 1 saturated heterocycles. The number of hydrogen-bond donors (Lipinski definition) is 2. The van der Waals surface area contributed by atoms with Crippen LogP contribution in [0.2, 0.25) is 0 Å². The van der Waals surface area contributed by atoms with Gasteiger partial charge in [0.15, 0.2) is 0 Å². The van der Waals surface area contributed by atoms with E-state index in [1.165, 1.54) is 0 Å². The van der Waals surface area contributed by atoms with Gasteiger partial charge < -0.3 is 15.0 Å². The van der Waals surface area contributed by atoms with Crippen LogP contribution < -0.4 is 5.32 Å². The molecule has 2 aromatic rings. The van der Waals surface area contributed by atoms with Crippen molar-refractivity contribution < 1.29 is 9.53 Å². The number of H-pyrrole nitrogens is 1. The fourth-order valence-corrected chi connectivity index (χ4v) is 2.60. The third kappa shape index (κ3) is 2.64. The molecular weight excluding hydrogens is 310 g/mol. The lowest BCUT2D eigenvalue weighted by molar-refractivity contribution is 0.0697. The van der Waals surface area contributed by atoms with Gasteiger partial charge in [0.1, 0.15) is 5.65 Å². The van der Waals surface area contributed by atoms with Crippen molar-refractivity contribution in [1.29, 1.82) is 0 Å². The third-order valence-corrected chi connectivity index (χ3v) is 3.73. The Morgan fingerprint density at radius 1 is 1.47 bits per heavy atom. The minimum atomic E-state index is -0.0574. The lowest BCUT2D eigenvalue weighted by Gasteiger charge is -2.22. The fourth-order valence-electron chi connectivity index (χ4n) is 2.27. The number of hydrogen-bond acceptors (Lipinski definition) is 3. The van der Waals surface area contributed by atoms with Gasteiger partial charge in [-0.3, -0.25) is 4.79 Å². The molecule has 100 valence electrons. The van der Waals surface area contributed by atoms with Crippen molar-refractivity contribution in [2.24, 2.45) is 0 Å². The van der Waals surface area contributed by atoms with Crippen LogP contribution in [0, 0.1) is 0 Å². The minimum Gasteiger partial charge on any atom is -0.381 e. The van der Waals surface area contributed by atoms with Gasteiger partial charge in [-0.05, 0) is 34.8 Å². The Labute approximate surface area is 118 Å². The SMILES string of the molecule is O=C(NC1CCOCC1)c1c[nH]c2ncc(Br)cc12. The number of nitrogens with one attached hydrogen (secondary N) is 2. The van der Waals surface area contributed by atoms with Gasteiger partial charge >= 0.3 is 0 Å². The van der Waals surface area contributed by atoms with Crippen LogP contribution in [0.3, 0.4) is 0 Å². The van der Waals surface area contributed by atoms with Crippen molar-refractivity contribution in [2.75, 3.05) is 13.2 Å². The monoisotopic (exact) mass is 323 g/mol. The van der Waals surface area contributed by atoms with E-state index in [2.05, 4.69) is 31.2 Å². The number of nitrogens with zero attached hydrogens (tertiary/aromatic N) is 1. The van der Waals surface area contributed by atoms with Crippen molar-refractivity contribution in [3.8, 4) is 0 Å². The maximum Gasteiger partial charge on any atom is 0.253 e. The Balaban J connectivity index is 1.82. The van der Waals surface area contributed by atoms with E-state index in [0.717, 1.165) is 28.3 Å². The topological polar surface area (TPSA) is 67.0 Å². The zero-order valence-corrected chi connectivity index (χ0v) is 11.9. The molecule has 0 unspecified atom stereocenters. The van der Waals surface area contributed by atoms with E-state index >= 15 is 0 Å². The summed E-state index contributed by atoms with van der Waals surface area (Å²) in [5.74, 6) is -0.0574. The quantitative estimate of drug-likeness (QED) is 0.890. The molecule has 0 radical (unpaired) electrons. The molecule has 0 atom stereocenters. The molecule has 3 heterocycles. The van der Waals surface area contributed by atoms with Gasteiger partial charge in [0, 0.05) is 41.5 Å². The number of pyridine rings is 1. The van der Waals surface area contributed by atoms with E-state index < -0.39 is 0 Å². The maximum absolute atomic E-state index is 12.3. The summed E-state index contributed by atoms with van der Waals surface area (Å²) in [7, 11) is 0. The van der Waals surface area contributed by atoms with E-state index in [1.807, 2.05) is 6.07 Å². The van der Waals surface area contributed by atoms with Crippen molar-refractivity contribution in [3.63, 3.8) is 0 Å². The zero-order chi connectivity index (χ0) is 13.2. The van der Waals surface area contributed by atoms with Crippen molar-refractivity contribution in [1.82, 2.24) is 15.3 Å². The standard InChI is InChI=1S/C13H14BrN3O2/c14-8-5-10-11(7-16-12(10)15-6-8)13(18)17-9-1-3-19-4-2-9/h5-7,9H,1-4H2,(H,15,16)(H,17,18). The summed E-state index contributed by atoms with van der Waals surface area (Å²) in [5.41, 5.74) is 1.36. The number of aromatic nitrogens is 2. The maximum atomic E-state index is 12.3. The Morgan fingerprint density at radius 2 is 2.26 bits per heavy atom. The first-order valence-electron chi connectivity index (χ1n) is 6.25. The van der Waals surface area contributed by atoms with Crippen molar-refractivity contribution in [3.05, 3.63) is 28.5 Å². The molecule has 0 spiro atoms.